The number of hydrogen-bond donors (Lipinski definition) is 0. The van der Waals surface area contributed by atoms with Crippen LogP contribution in [0, 0.1) is 0 Å². The van der Waals surface area contributed by atoms with Gasteiger partial charge in [0.2, 0.25) is 0 Å². The van der Waals surface area contributed by atoms with Gasteiger partial charge in [-0.15, -0.1) is 0 Å². The summed E-state index contributed by atoms with van der Waals surface area (Å²) < 4.78 is 16.2. The summed E-state index contributed by atoms with van der Waals surface area (Å²) in [6.45, 7) is 5.38. The summed E-state index contributed by atoms with van der Waals surface area (Å²) in [6, 6.07) is 0. The molecule has 2 unspecified atom stereocenters. The molecule has 0 amide bonds. The van der Waals surface area contributed by atoms with Crippen LogP contribution in [0.4, 0.5) is 0 Å². The fraction of sp³-hybridized carbons (Fsp3) is 1.00. The van der Waals surface area contributed by atoms with Gasteiger partial charge in [0.25, 0.3) is 0 Å². The van der Waals surface area contributed by atoms with Crippen LogP contribution in [0.25, 0.3) is 0 Å². The van der Waals surface area contributed by atoms with Crippen LogP contribution in [-0.4, -0.2) is 25.8 Å². The average molecular weight is 174 g/mol. The quantitative estimate of drug-likeness (QED) is 0.651. The van der Waals surface area contributed by atoms with Crippen molar-refractivity contribution in [2.24, 2.45) is 0 Å². The lowest BCUT2D eigenvalue weighted by molar-refractivity contribution is -0.264. The molecule has 1 heterocycles. The maximum Gasteiger partial charge on any atom is 0.160 e. The van der Waals surface area contributed by atoms with Crippen LogP contribution in [0.1, 0.15) is 33.1 Å². The third kappa shape index (κ3) is 3.09. The van der Waals surface area contributed by atoms with Crippen molar-refractivity contribution in [3.8, 4) is 0 Å². The van der Waals surface area contributed by atoms with E-state index in [4.69, 9.17) is 14.2 Å². The van der Waals surface area contributed by atoms with Crippen molar-refractivity contribution in [2.75, 3.05) is 13.2 Å². The topological polar surface area (TPSA) is 27.7 Å². The molecule has 1 fully saturated rings. The lowest BCUT2D eigenvalue weighted by Crippen LogP contribution is -2.31. The van der Waals surface area contributed by atoms with Gasteiger partial charge in [0, 0.05) is 13.2 Å². The zero-order valence-electron chi connectivity index (χ0n) is 7.91. The highest BCUT2D eigenvalue weighted by Crippen LogP contribution is 2.20. The molecule has 0 aromatic rings. The Kier molecular flexibility index (Phi) is 4.58. The van der Waals surface area contributed by atoms with Crippen molar-refractivity contribution >= 4 is 0 Å². The second-order valence-corrected chi connectivity index (χ2v) is 2.84. The van der Waals surface area contributed by atoms with Crippen molar-refractivity contribution in [1.82, 2.24) is 0 Å². The molecule has 1 aliphatic rings. The molecule has 0 N–H and O–H groups in total. The SMILES string of the molecule is CCOC1CCCC(OCC)O1. The van der Waals surface area contributed by atoms with Crippen LogP contribution in [0.5, 0.6) is 0 Å². The minimum absolute atomic E-state index is 0.0414. The normalized spacial score (nSPS) is 30.5. The van der Waals surface area contributed by atoms with E-state index in [2.05, 4.69) is 0 Å². The molecular formula is C9H18O3. The standard InChI is InChI=1S/C9H18O3/c1-3-10-8-6-5-7-9(12-8)11-4-2/h8-9H,3-7H2,1-2H3. The maximum atomic E-state index is 5.52. The first-order valence-corrected chi connectivity index (χ1v) is 4.75. The fourth-order valence-corrected chi connectivity index (χ4v) is 1.37. The monoisotopic (exact) mass is 174 g/mol. The molecule has 0 aromatic heterocycles. The van der Waals surface area contributed by atoms with Gasteiger partial charge in [-0.3, -0.25) is 0 Å². The predicted molar refractivity (Wildman–Crippen MR) is 45.8 cm³/mol. The van der Waals surface area contributed by atoms with Crippen LogP contribution in [0.15, 0.2) is 0 Å². The molecule has 0 bridgehead atoms. The largest absolute Gasteiger partial charge is 0.353 e. The molecule has 0 aromatic carbocycles. The molecule has 1 rings (SSSR count). The van der Waals surface area contributed by atoms with E-state index >= 15 is 0 Å². The maximum absolute atomic E-state index is 5.52. The molecule has 2 atom stereocenters. The Bertz CT molecular complexity index is 100. The van der Waals surface area contributed by atoms with Gasteiger partial charge in [-0.05, 0) is 33.1 Å². The summed E-state index contributed by atoms with van der Waals surface area (Å²) >= 11 is 0. The van der Waals surface area contributed by atoms with Crippen molar-refractivity contribution in [3.63, 3.8) is 0 Å². The Morgan fingerprint density at radius 2 is 1.58 bits per heavy atom. The van der Waals surface area contributed by atoms with Crippen LogP contribution in [0.2, 0.25) is 0 Å². The summed E-state index contributed by atoms with van der Waals surface area (Å²) in [6.07, 6.45) is 3.05. The summed E-state index contributed by atoms with van der Waals surface area (Å²) in [4.78, 5) is 0. The Hall–Kier alpha value is -0.120. The molecule has 12 heavy (non-hydrogen) atoms. The third-order valence-electron chi connectivity index (χ3n) is 1.89. The molecule has 3 heteroatoms. The zero-order valence-corrected chi connectivity index (χ0v) is 7.91. The average Bonchev–Trinajstić information content (AvgIpc) is 2.06. The summed E-state index contributed by atoms with van der Waals surface area (Å²) in [5, 5.41) is 0. The zero-order chi connectivity index (χ0) is 8.81. The van der Waals surface area contributed by atoms with Gasteiger partial charge >= 0.3 is 0 Å². The first-order valence-electron chi connectivity index (χ1n) is 4.75. The van der Waals surface area contributed by atoms with Gasteiger partial charge in [-0.2, -0.15) is 0 Å². The molecule has 0 radical (unpaired) electrons. The Balaban J connectivity index is 2.20. The lowest BCUT2D eigenvalue weighted by Gasteiger charge is -2.29. The minimum Gasteiger partial charge on any atom is -0.353 e. The van der Waals surface area contributed by atoms with E-state index in [-0.39, 0.29) is 12.6 Å². The molecule has 0 saturated carbocycles. The summed E-state index contributed by atoms with van der Waals surface area (Å²) in [5.41, 5.74) is 0. The summed E-state index contributed by atoms with van der Waals surface area (Å²) in [7, 11) is 0. The van der Waals surface area contributed by atoms with Crippen LogP contribution >= 0.6 is 0 Å². The Morgan fingerprint density at radius 1 is 1.08 bits per heavy atom. The third-order valence-corrected chi connectivity index (χ3v) is 1.89. The van der Waals surface area contributed by atoms with E-state index in [1.54, 1.807) is 0 Å². The Labute approximate surface area is 74.0 Å². The van der Waals surface area contributed by atoms with E-state index in [0.717, 1.165) is 19.3 Å². The first kappa shape index (κ1) is 9.96. The van der Waals surface area contributed by atoms with Gasteiger partial charge < -0.3 is 14.2 Å². The van der Waals surface area contributed by atoms with Crippen molar-refractivity contribution in [3.05, 3.63) is 0 Å². The van der Waals surface area contributed by atoms with Gasteiger partial charge in [0.1, 0.15) is 0 Å². The van der Waals surface area contributed by atoms with Crippen LogP contribution < -0.4 is 0 Å². The Morgan fingerprint density at radius 3 is 2.00 bits per heavy atom. The number of hydrogen-bond acceptors (Lipinski definition) is 3. The summed E-state index contributed by atoms with van der Waals surface area (Å²) in [5.74, 6) is 0. The van der Waals surface area contributed by atoms with Crippen molar-refractivity contribution < 1.29 is 14.2 Å². The van der Waals surface area contributed by atoms with E-state index in [0.29, 0.717) is 13.2 Å². The number of ether oxygens (including phenoxy) is 3. The molecular weight excluding hydrogens is 156 g/mol. The highest BCUT2D eigenvalue weighted by Gasteiger charge is 2.22. The van der Waals surface area contributed by atoms with Gasteiger partial charge in [-0.1, -0.05) is 0 Å². The van der Waals surface area contributed by atoms with E-state index in [1.165, 1.54) is 0 Å². The molecule has 0 spiro atoms. The van der Waals surface area contributed by atoms with Crippen LogP contribution in [0.3, 0.4) is 0 Å². The fourth-order valence-electron chi connectivity index (χ4n) is 1.37. The van der Waals surface area contributed by atoms with E-state index in [1.807, 2.05) is 13.8 Å². The van der Waals surface area contributed by atoms with Gasteiger partial charge in [0.15, 0.2) is 12.6 Å². The van der Waals surface area contributed by atoms with E-state index < -0.39 is 0 Å². The highest BCUT2D eigenvalue weighted by atomic mass is 16.8. The van der Waals surface area contributed by atoms with Crippen LogP contribution in [-0.2, 0) is 14.2 Å². The predicted octanol–water partition coefficient (Wildman–Crippen LogP) is 1.91. The van der Waals surface area contributed by atoms with E-state index in [9.17, 15) is 0 Å². The molecule has 0 aliphatic carbocycles. The smallest absolute Gasteiger partial charge is 0.160 e. The van der Waals surface area contributed by atoms with Crippen molar-refractivity contribution in [2.45, 2.75) is 45.7 Å². The molecule has 1 aliphatic heterocycles. The van der Waals surface area contributed by atoms with Gasteiger partial charge in [-0.25, -0.2) is 0 Å². The van der Waals surface area contributed by atoms with Crippen molar-refractivity contribution in [1.29, 1.82) is 0 Å². The molecule has 3 nitrogen and oxygen atoms in total. The lowest BCUT2D eigenvalue weighted by atomic mass is 10.2. The second-order valence-electron chi connectivity index (χ2n) is 2.84. The first-order chi connectivity index (χ1) is 5.86. The minimum atomic E-state index is -0.0414. The highest BCUT2D eigenvalue weighted by molar-refractivity contribution is 4.58. The molecule has 1 saturated heterocycles. The second kappa shape index (κ2) is 5.51. The number of rotatable bonds is 4. The van der Waals surface area contributed by atoms with Gasteiger partial charge in [0.05, 0.1) is 0 Å². The molecule has 72 valence electrons.